The van der Waals surface area contributed by atoms with Gasteiger partial charge >= 0.3 is 17.9 Å². The van der Waals surface area contributed by atoms with E-state index >= 15 is 0 Å². The highest BCUT2D eigenvalue weighted by atomic mass is 16.6. The summed E-state index contributed by atoms with van der Waals surface area (Å²) < 4.78 is 16.8. The largest absolute Gasteiger partial charge is 0.462 e. The van der Waals surface area contributed by atoms with Gasteiger partial charge in [0.2, 0.25) is 0 Å². The second kappa shape index (κ2) is 44.9. The fraction of sp³-hybridized carbons (Fsp3) is 0.942. The Morgan fingerprint density at radius 2 is 0.655 bits per heavy atom. The molecule has 0 fully saturated rings. The first-order valence-corrected chi connectivity index (χ1v) is 25.8. The molecule has 0 aliphatic heterocycles. The van der Waals surface area contributed by atoms with Crippen LogP contribution in [0.3, 0.4) is 0 Å². The van der Waals surface area contributed by atoms with Gasteiger partial charge in [0.1, 0.15) is 13.2 Å². The molecule has 0 radical (unpaired) electrons. The van der Waals surface area contributed by atoms with E-state index in [2.05, 4.69) is 34.6 Å². The molecule has 0 aromatic carbocycles. The zero-order valence-corrected chi connectivity index (χ0v) is 39.7. The van der Waals surface area contributed by atoms with Crippen molar-refractivity contribution in [2.45, 2.75) is 291 Å². The van der Waals surface area contributed by atoms with Crippen LogP contribution < -0.4 is 0 Å². The van der Waals surface area contributed by atoms with Gasteiger partial charge in [0.15, 0.2) is 6.10 Å². The van der Waals surface area contributed by atoms with Crippen LogP contribution in [0.25, 0.3) is 0 Å². The number of ether oxygens (including phenoxy) is 3. The van der Waals surface area contributed by atoms with E-state index in [1.54, 1.807) is 0 Å². The minimum absolute atomic E-state index is 0.0639. The topological polar surface area (TPSA) is 78.9 Å². The Labute approximate surface area is 361 Å². The molecule has 0 saturated heterocycles. The van der Waals surface area contributed by atoms with Crippen molar-refractivity contribution < 1.29 is 28.6 Å². The molecule has 0 amide bonds. The van der Waals surface area contributed by atoms with Crippen LogP contribution in [0.2, 0.25) is 0 Å². The lowest BCUT2D eigenvalue weighted by atomic mass is 9.99. The molecule has 2 atom stereocenters. The summed E-state index contributed by atoms with van der Waals surface area (Å²) in [5, 5.41) is 0. The smallest absolute Gasteiger partial charge is 0.306 e. The van der Waals surface area contributed by atoms with E-state index in [4.69, 9.17) is 14.2 Å². The van der Waals surface area contributed by atoms with Crippen LogP contribution in [0.5, 0.6) is 0 Å². The summed E-state index contributed by atoms with van der Waals surface area (Å²) in [7, 11) is 0. The minimum atomic E-state index is -0.761. The van der Waals surface area contributed by atoms with Crippen LogP contribution >= 0.6 is 0 Å². The molecule has 0 rings (SSSR count). The minimum Gasteiger partial charge on any atom is -0.462 e. The molecule has 58 heavy (non-hydrogen) atoms. The molecule has 0 bridgehead atoms. The Bertz CT molecular complexity index is 887. The SMILES string of the molecule is CCCCCCCCCCCC(=O)OC[C@H](COC(=O)CCCCCCCCCCCCC(C)CC)OC(=O)CCCCCCCCCCCCCCCCC(C)C. The van der Waals surface area contributed by atoms with Gasteiger partial charge in [-0.15, -0.1) is 0 Å². The number of hydrogen-bond acceptors (Lipinski definition) is 6. The standard InChI is InChI=1S/C52H100O6/c1-6-8-9-10-11-20-27-32-37-42-50(53)56-45-49(46-57-51(54)43-38-33-28-23-19-18-22-26-31-36-41-48(5)7-2)58-52(55)44-39-34-29-24-17-15-13-12-14-16-21-25-30-35-40-47(3)4/h47-49H,6-46H2,1-5H3/t48?,49-/m1/s1. The van der Waals surface area contributed by atoms with Crippen molar-refractivity contribution in [2.75, 3.05) is 13.2 Å². The van der Waals surface area contributed by atoms with Crippen LogP contribution in [-0.2, 0) is 28.6 Å². The summed E-state index contributed by atoms with van der Waals surface area (Å²) in [6.45, 7) is 11.4. The van der Waals surface area contributed by atoms with Gasteiger partial charge in [-0.2, -0.15) is 0 Å². The van der Waals surface area contributed by atoms with Gasteiger partial charge in [0, 0.05) is 19.3 Å². The third-order valence-corrected chi connectivity index (χ3v) is 12.1. The summed E-state index contributed by atoms with van der Waals surface area (Å²) in [6, 6.07) is 0. The fourth-order valence-corrected chi connectivity index (χ4v) is 7.78. The van der Waals surface area contributed by atoms with Gasteiger partial charge in [-0.1, -0.05) is 247 Å². The highest BCUT2D eigenvalue weighted by Crippen LogP contribution is 2.18. The van der Waals surface area contributed by atoms with Crippen molar-refractivity contribution in [1.29, 1.82) is 0 Å². The van der Waals surface area contributed by atoms with Crippen molar-refractivity contribution in [1.82, 2.24) is 0 Å². The molecule has 0 N–H and O–H groups in total. The lowest BCUT2D eigenvalue weighted by Gasteiger charge is -2.18. The average molecular weight is 821 g/mol. The molecule has 6 nitrogen and oxygen atoms in total. The summed E-state index contributed by atoms with van der Waals surface area (Å²) >= 11 is 0. The Hall–Kier alpha value is -1.59. The molecule has 0 heterocycles. The molecular weight excluding hydrogens is 721 g/mol. The fourth-order valence-electron chi connectivity index (χ4n) is 7.78. The van der Waals surface area contributed by atoms with E-state index in [0.717, 1.165) is 69.6 Å². The van der Waals surface area contributed by atoms with Crippen LogP contribution in [-0.4, -0.2) is 37.2 Å². The summed E-state index contributed by atoms with van der Waals surface area (Å²) in [6.07, 6.45) is 45.1. The Morgan fingerprint density at radius 1 is 0.362 bits per heavy atom. The zero-order chi connectivity index (χ0) is 42.6. The predicted octanol–water partition coefficient (Wildman–Crippen LogP) is 16.5. The van der Waals surface area contributed by atoms with Crippen molar-refractivity contribution in [3.05, 3.63) is 0 Å². The number of hydrogen-bond donors (Lipinski definition) is 0. The van der Waals surface area contributed by atoms with Crippen molar-refractivity contribution in [3.8, 4) is 0 Å². The molecule has 344 valence electrons. The zero-order valence-electron chi connectivity index (χ0n) is 39.7. The summed E-state index contributed by atoms with van der Waals surface area (Å²) in [5.74, 6) is 0.862. The second-order valence-corrected chi connectivity index (χ2v) is 18.5. The van der Waals surface area contributed by atoms with E-state index in [0.29, 0.717) is 19.3 Å². The number of carbonyl (C=O) groups is 3. The molecule has 0 aromatic rings. The molecule has 0 aliphatic carbocycles. The van der Waals surface area contributed by atoms with E-state index in [1.165, 1.54) is 173 Å². The molecule has 6 heteroatoms. The predicted molar refractivity (Wildman–Crippen MR) is 247 cm³/mol. The van der Waals surface area contributed by atoms with E-state index in [9.17, 15) is 14.4 Å². The van der Waals surface area contributed by atoms with E-state index < -0.39 is 6.10 Å². The molecule has 0 aromatic heterocycles. The second-order valence-electron chi connectivity index (χ2n) is 18.5. The maximum absolute atomic E-state index is 12.8. The summed E-state index contributed by atoms with van der Waals surface area (Å²) in [5.41, 5.74) is 0. The van der Waals surface area contributed by atoms with Crippen molar-refractivity contribution in [3.63, 3.8) is 0 Å². The molecule has 0 saturated carbocycles. The van der Waals surface area contributed by atoms with Crippen molar-refractivity contribution >= 4 is 17.9 Å². The molecular formula is C52H100O6. The maximum atomic E-state index is 12.8. The normalized spacial score (nSPS) is 12.5. The molecule has 0 spiro atoms. The third-order valence-electron chi connectivity index (χ3n) is 12.1. The van der Waals surface area contributed by atoms with Crippen LogP contribution in [0.1, 0.15) is 285 Å². The summed E-state index contributed by atoms with van der Waals surface area (Å²) in [4.78, 5) is 37.9. The number of carbonyl (C=O) groups excluding carboxylic acids is 3. The maximum Gasteiger partial charge on any atom is 0.306 e. The third kappa shape index (κ3) is 44.0. The van der Waals surface area contributed by atoms with E-state index in [-0.39, 0.29) is 31.1 Å². The lowest BCUT2D eigenvalue weighted by Crippen LogP contribution is -2.30. The van der Waals surface area contributed by atoms with Gasteiger partial charge in [0.25, 0.3) is 0 Å². The Morgan fingerprint density at radius 3 is 0.983 bits per heavy atom. The first kappa shape index (κ1) is 56.4. The van der Waals surface area contributed by atoms with Gasteiger partial charge in [0.05, 0.1) is 0 Å². The number of unbranched alkanes of at least 4 members (excludes halogenated alkanes) is 30. The van der Waals surface area contributed by atoms with E-state index in [1.807, 2.05) is 0 Å². The van der Waals surface area contributed by atoms with Crippen LogP contribution in [0.15, 0.2) is 0 Å². The molecule has 1 unspecified atom stereocenters. The van der Waals surface area contributed by atoms with Gasteiger partial charge in [-0.25, -0.2) is 0 Å². The molecule has 0 aliphatic rings. The first-order chi connectivity index (χ1) is 28.3. The first-order valence-electron chi connectivity index (χ1n) is 25.8. The Balaban J connectivity index is 4.27. The van der Waals surface area contributed by atoms with Crippen LogP contribution in [0, 0.1) is 11.8 Å². The monoisotopic (exact) mass is 821 g/mol. The number of rotatable bonds is 46. The highest BCUT2D eigenvalue weighted by molar-refractivity contribution is 5.71. The Kier molecular flexibility index (Phi) is 43.7. The van der Waals surface area contributed by atoms with Crippen LogP contribution in [0.4, 0.5) is 0 Å². The van der Waals surface area contributed by atoms with Gasteiger partial charge < -0.3 is 14.2 Å². The van der Waals surface area contributed by atoms with Crippen molar-refractivity contribution in [2.24, 2.45) is 11.8 Å². The highest BCUT2D eigenvalue weighted by Gasteiger charge is 2.19. The van der Waals surface area contributed by atoms with Gasteiger partial charge in [-0.3, -0.25) is 14.4 Å². The number of esters is 3. The average Bonchev–Trinajstić information content (AvgIpc) is 3.21. The van der Waals surface area contributed by atoms with Gasteiger partial charge in [-0.05, 0) is 31.1 Å². The quantitative estimate of drug-likeness (QED) is 0.0346. The lowest BCUT2D eigenvalue weighted by molar-refractivity contribution is -0.167.